The second kappa shape index (κ2) is 11.0. The van der Waals surface area contributed by atoms with Crippen molar-refractivity contribution in [2.75, 3.05) is 0 Å². The van der Waals surface area contributed by atoms with Gasteiger partial charge in [-0.3, -0.25) is 14.6 Å². The predicted octanol–water partition coefficient (Wildman–Crippen LogP) is 5.97. The number of aromatic amines is 2. The van der Waals surface area contributed by atoms with Gasteiger partial charge in [0.15, 0.2) is 0 Å². The highest BCUT2D eigenvalue weighted by atomic mass is 16.4. The van der Waals surface area contributed by atoms with E-state index >= 15 is 0 Å². The summed E-state index contributed by atoms with van der Waals surface area (Å²) in [5.41, 5.74) is 5.00. The molecule has 3 aromatic heterocycles. The molecule has 44 heavy (non-hydrogen) atoms. The third-order valence-electron chi connectivity index (χ3n) is 8.91. The molecule has 0 aliphatic carbocycles. The van der Waals surface area contributed by atoms with E-state index in [4.69, 9.17) is 4.98 Å². The van der Waals surface area contributed by atoms with E-state index in [0.717, 1.165) is 44.4 Å². The minimum atomic E-state index is -2.08. The fourth-order valence-corrected chi connectivity index (χ4v) is 6.11. The van der Waals surface area contributed by atoms with Gasteiger partial charge in [-0.15, -0.1) is 0 Å². The Bertz CT molecular complexity index is 1940. The first kappa shape index (κ1) is 30.7. The van der Waals surface area contributed by atoms with Crippen molar-refractivity contribution in [2.45, 2.75) is 64.6 Å². The fraction of sp³-hybridized carbons (Fsp3) is 0.294. The number of H-pyrrole nitrogens is 2. The highest BCUT2D eigenvalue weighted by Crippen LogP contribution is 2.47. The fourth-order valence-electron chi connectivity index (χ4n) is 6.11. The number of nitrogens with zero attached hydrogens (tertiary/aromatic N) is 2. The van der Waals surface area contributed by atoms with Crippen LogP contribution in [-0.2, 0) is 20.8 Å². The second-order valence-corrected chi connectivity index (χ2v) is 11.6. The van der Waals surface area contributed by atoms with Gasteiger partial charge in [0, 0.05) is 46.0 Å². The number of hydrogen-bond acceptors (Lipinski definition) is 6. The van der Waals surface area contributed by atoms with Gasteiger partial charge in [-0.05, 0) is 87.1 Å². The van der Waals surface area contributed by atoms with Gasteiger partial charge in [-0.1, -0.05) is 25.3 Å². The van der Waals surface area contributed by atoms with Crippen LogP contribution in [0, 0.1) is 13.8 Å². The molecular weight excluding hydrogens is 560 g/mol. The Morgan fingerprint density at radius 1 is 0.795 bits per heavy atom. The molecule has 5 heterocycles. The van der Waals surface area contributed by atoms with E-state index in [1.54, 1.807) is 18.2 Å². The van der Waals surface area contributed by atoms with Crippen molar-refractivity contribution >= 4 is 57.3 Å². The van der Waals surface area contributed by atoms with Gasteiger partial charge in [0.1, 0.15) is 11.2 Å². The third-order valence-corrected chi connectivity index (χ3v) is 8.91. The summed E-state index contributed by atoms with van der Waals surface area (Å²) in [5.74, 6) is -2.11. The zero-order valence-electron chi connectivity index (χ0n) is 25.2. The third kappa shape index (κ3) is 4.95. The molecule has 6 N–H and O–H groups in total. The van der Waals surface area contributed by atoms with Gasteiger partial charge in [0.05, 0.1) is 22.8 Å². The minimum Gasteiger partial charge on any atom is -0.481 e. The summed E-state index contributed by atoms with van der Waals surface area (Å²) in [6.07, 6.45) is 2.75. The van der Waals surface area contributed by atoms with Crippen LogP contribution in [-0.4, -0.2) is 52.3 Å². The number of hydrogen-bond donors (Lipinski definition) is 6. The maximum atomic E-state index is 12.0. The van der Waals surface area contributed by atoms with Crippen molar-refractivity contribution in [3.05, 3.63) is 82.5 Å². The molecule has 0 fully saturated rings. The highest BCUT2D eigenvalue weighted by Gasteiger charge is 2.54. The van der Waals surface area contributed by atoms with Gasteiger partial charge >= 0.3 is 11.9 Å². The van der Waals surface area contributed by atoms with E-state index in [0.29, 0.717) is 22.5 Å². The van der Waals surface area contributed by atoms with Crippen molar-refractivity contribution in [1.29, 1.82) is 0 Å². The number of allylic oxidation sites excluding steroid dienone is 2. The molecule has 8 bridgehead atoms. The smallest absolute Gasteiger partial charge is 0.303 e. The molecule has 10 nitrogen and oxygen atoms in total. The first-order valence-electron chi connectivity index (χ1n) is 14.3. The van der Waals surface area contributed by atoms with Crippen LogP contribution in [0.3, 0.4) is 0 Å². The van der Waals surface area contributed by atoms with Crippen molar-refractivity contribution < 1.29 is 30.0 Å². The molecule has 3 aromatic rings. The lowest BCUT2D eigenvalue weighted by molar-refractivity contribution is -0.159. The molecule has 0 radical (unpaired) electrons. The second-order valence-electron chi connectivity index (χ2n) is 11.6. The standard InChI is InChI=1S/C34H36N4O6/c1-7-20-17(3)23-13-24-19(5)22(9-10-31(39)40)28(37-24)16-30-34(44,12-11-32(41)42)33(6,43)29(38-30)15-27-21(8-2)18(4)25(36-27)14-26(20)35-23/h7-8,13-16,35-36,43-44H,1-2,9-12H2,3-6H3,(H,39,40)(H,41,42)/t33-,34-/m1/s1. The molecule has 2 aliphatic heterocycles. The number of carboxylic acid groups (broad SMARTS) is 2. The van der Waals surface area contributed by atoms with Gasteiger partial charge in [-0.25, -0.2) is 4.98 Å². The Morgan fingerprint density at radius 3 is 1.93 bits per heavy atom. The van der Waals surface area contributed by atoms with Crippen molar-refractivity contribution in [2.24, 2.45) is 0 Å². The lowest BCUT2D eigenvalue weighted by atomic mass is 9.78. The topological polar surface area (TPSA) is 172 Å². The van der Waals surface area contributed by atoms with E-state index in [2.05, 4.69) is 28.1 Å². The molecule has 0 spiro atoms. The lowest BCUT2D eigenvalue weighted by Gasteiger charge is -2.35. The average molecular weight is 597 g/mol. The highest BCUT2D eigenvalue weighted by molar-refractivity contribution is 5.93. The zero-order valence-corrected chi connectivity index (χ0v) is 25.2. The zero-order chi connectivity index (χ0) is 32.1. The summed E-state index contributed by atoms with van der Waals surface area (Å²) < 4.78 is 0. The van der Waals surface area contributed by atoms with Crippen LogP contribution in [0.5, 0.6) is 0 Å². The minimum absolute atomic E-state index is 0.0326. The van der Waals surface area contributed by atoms with Gasteiger partial charge in [0.25, 0.3) is 0 Å². The summed E-state index contributed by atoms with van der Waals surface area (Å²) in [7, 11) is 0. The van der Waals surface area contributed by atoms with E-state index in [1.165, 1.54) is 13.0 Å². The molecule has 10 heteroatoms. The maximum Gasteiger partial charge on any atom is 0.303 e. The van der Waals surface area contributed by atoms with Crippen molar-refractivity contribution in [1.82, 2.24) is 19.9 Å². The van der Waals surface area contributed by atoms with Crippen LogP contribution in [0.4, 0.5) is 0 Å². The summed E-state index contributed by atoms with van der Waals surface area (Å²) >= 11 is 0. The quantitative estimate of drug-likeness (QED) is 0.184. The number of aryl methyl sites for hydroxylation is 2. The van der Waals surface area contributed by atoms with E-state index < -0.39 is 29.6 Å². The summed E-state index contributed by atoms with van der Waals surface area (Å²) in [6, 6.07) is 7.01. The molecule has 0 saturated carbocycles. The van der Waals surface area contributed by atoms with Crippen molar-refractivity contribution in [3.8, 4) is 0 Å². The average Bonchev–Trinajstić information content (AvgIpc) is 3.58. The monoisotopic (exact) mass is 596 g/mol. The molecular formula is C34H36N4O6. The Balaban J connectivity index is 1.97. The van der Waals surface area contributed by atoms with Crippen LogP contribution in [0.15, 0.2) is 37.4 Å². The number of nitrogens with one attached hydrogen (secondary N) is 2. The molecule has 0 saturated heterocycles. The molecule has 5 rings (SSSR count). The van der Waals surface area contributed by atoms with Crippen LogP contribution >= 0.6 is 0 Å². The molecule has 2 atom stereocenters. The number of aliphatic carboxylic acids is 2. The van der Waals surface area contributed by atoms with Crippen LogP contribution in [0.1, 0.15) is 84.6 Å². The SMILES string of the molecule is C=Cc1c(C)c2cc3[nH]c(cc4nc(cc5nc(cc1[nH]2)[C@@](C)(O)[C@@]5(O)CCC(=O)O)C(CCC(=O)O)=C4C)c(C)c3C=C. The first-order chi connectivity index (χ1) is 20.7. The predicted molar refractivity (Wildman–Crippen MR) is 170 cm³/mol. The van der Waals surface area contributed by atoms with Crippen LogP contribution in [0.25, 0.3) is 45.4 Å². The van der Waals surface area contributed by atoms with Gasteiger partial charge < -0.3 is 30.4 Å². The maximum absolute atomic E-state index is 12.0. The largest absolute Gasteiger partial charge is 0.481 e. The Hall–Kier alpha value is -4.80. The number of fused-ring (bicyclic) bond motifs is 8. The van der Waals surface area contributed by atoms with Crippen molar-refractivity contribution in [3.63, 3.8) is 0 Å². The molecule has 0 unspecified atom stereocenters. The Labute approximate surface area is 254 Å². The number of rotatable bonds is 8. The summed E-state index contributed by atoms with van der Waals surface area (Å²) in [5, 5.41) is 42.8. The number of aliphatic hydroxyl groups is 2. The summed E-state index contributed by atoms with van der Waals surface area (Å²) in [6.45, 7) is 15.2. The number of aromatic nitrogens is 4. The van der Waals surface area contributed by atoms with Crippen LogP contribution < -0.4 is 0 Å². The Kier molecular flexibility index (Phi) is 7.69. The molecule has 228 valence electrons. The van der Waals surface area contributed by atoms with E-state index in [-0.39, 0.29) is 30.7 Å². The molecule has 0 aromatic carbocycles. The summed E-state index contributed by atoms with van der Waals surface area (Å²) in [4.78, 5) is 39.5. The lowest BCUT2D eigenvalue weighted by Crippen LogP contribution is -2.44. The Morgan fingerprint density at radius 2 is 1.36 bits per heavy atom. The van der Waals surface area contributed by atoms with Crippen LogP contribution in [0.2, 0.25) is 0 Å². The normalized spacial score (nSPS) is 19.7. The van der Waals surface area contributed by atoms with E-state index in [1.807, 2.05) is 32.9 Å². The molecule has 2 aliphatic rings. The molecule has 0 amide bonds. The van der Waals surface area contributed by atoms with E-state index in [9.17, 15) is 30.0 Å². The number of carboxylic acids is 2. The van der Waals surface area contributed by atoms with Gasteiger partial charge in [-0.2, -0.15) is 0 Å². The number of carbonyl (C=O) groups is 2. The van der Waals surface area contributed by atoms with Gasteiger partial charge in [0.2, 0.25) is 0 Å². The first-order valence-corrected chi connectivity index (χ1v) is 14.3.